The van der Waals surface area contributed by atoms with Crippen LogP contribution < -0.4 is 20.5 Å². The van der Waals surface area contributed by atoms with Gasteiger partial charge in [0.25, 0.3) is 5.56 Å². The van der Waals surface area contributed by atoms with Gasteiger partial charge in [-0.2, -0.15) is 0 Å². The van der Waals surface area contributed by atoms with Crippen LogP contribution in [0.5, 0.6) is 5.75 Å². The molecule has 5 rings (SSSR count). The third kappa shape index (κ3) is 8.12. The number of aromatic amines is 1. The van der Waals surface area contributed by atoms with Crippen molar-refractivity contribution in [2.75, 3.05) is 36.5 Å². The van der Waals surface area contributed by atoms with Gasteiger partial charge in [0.1, 0.15) is 23.7 Å². The van der Waals surface area contributed by atoms with Gasteiger partial charge in [-0.05, 0) is 95.2 Å². The summed E-state index contributed by atoms with van der Waals surface area (Å²) in [5.41, 5.74) is 6.19. The fraction of sp³-hybridized carbons (Fsp3) is 0.325. The highest BCUT2D eigenvalue weighted by Crippen LogP contribution is 2.38. The van der Waals surface area contributed by atoms with E-state index in [9.17, 15) is 9.59 Å². The normalized spacial score (nSPS) is 11.4. The van der Waals surface area contributed by atoms with Gasteiger partial charge in [-0.15, -0.1) is 0 Å². The van der Waals surface area contributed by atoms with Gasteiger partial charge in [0, 0.05) is 23.8 Å². The molecule has 0 unspecified atom stereocenters. The first-order chi connectivity index (χ1) is 23.2. The Morgan fingerprint density at radius 3 is 2.23 bits per heavy atom. The van der Waals surface area contributed by atoms with Crippen LogP contribution >= 0.6 is 0 Å². The molecule has 0 atom stereocenters. The highest BCUT2D eigenvalue weighted by atomic mass is 16.5. The van der Waals surface area contributed by atoms with Gasteiger partial charge in [-0.1, -0.05) is 84.0 Å². The van der Waals surface area contributed by atoms with Crippen LogP contribution in [0.3, 0.4) is 0 Å². The lowest BCUT2D eigenvalue weighted by atomic mass is 9.88. The smallest absolute Gasteiger partial charge is 0.326 e. The Morgan fingerprint density at radius 2 is 1.56 bits per heavy atom. The zero-order valence-corrected chi connectivity index (χ0v) is 28.9. The van der Waals surface area contributed by atoms with Gasteiger partial charge in [0.2, 0.25) is 0 Å². The average molecular weight is 646 g/mol. The number of fused-ring (bicyclic) bond motifs is 1. The van der Waals surface area contributed by atoms with E-state index in [0.717, 1.165) is 64.3 Å². The molecule has 2 aromatic heterocycles. The van der Waals surface area contributed by atoms with Crippen LogP contribution in [0.4, 0.5) is 16.2 Å². The van der Waals surface area contributed by atoms with Crippen molar-refractivity contribution in [2.24, 2.45) is 0 Å². The van der Waals surface area contributed by atoms with Crippen LogP contribution in [0.25, 0.3) is 22.2 Å². The molecule has 0 saturated carbocycles. The minimum Gasteiger partial charge on any atom is -0.492 e. The van der Waals surface area contributed by atoms with Crippen LogP contribution in [-0.2, 0) is 6.54 Å². The third-order valence-corrected chi connectivity index (χ3v) is 8.73. The van der Waals surface area contributed by atoms with Crippen LogP contribution in [0.15, 0.2) is 95.9 Å². The molecule has 0 aliphatic carbocycles. The summed E-state index contributed by atoms with van der Waals surface area (Å²) in [5.74, 6) is 1.06. The number of benzene rings is 3. The SMILES string of the molecule is CCN(CC)CCOc1cccc(-c2cc(C(C)C)c(NC(=O)N(Cc3ccccc3)c3cc4cccnc4[nH]c3=O)c(C(C)C)c2)c1. The van der Waals surface area contributed by atoms with Crippen LogP contribution in [0.1, 0.15) is 70.1 Å². The molecule has 0 fully saturated rings. The summed E-state index contributed by atoms with van der Waals surface area (Å²) in [7, 11) is 0. The van der Waals surface area contributed by atoms with E-state index in [1.165, 1.54) is 4.90 Å². The Hall–Kier alpha value is -4.95. The molecule has 250 valence electrons. The fourth-order valence-electron chi connectivity index (χ4n) is 5.94. The van der Waals surface area contributed by atoms with Gasteiger partial charge in [0.15, 0.2) is 0 Å². The number of amides is 2. The summed E-state index contributed by atoms with van der Waals surface area (Å²) in [6, 6.07) is 27.3. The zero-order valence-electron chi connectivity index (χ0n) is 28.9. The molecule has 0 bridgehead atoms. The highest BCUT2D eigenvalue weighted by molar-refractivity contribution is 6.03. The number of H-pyrrole nitrogens is 1. The van der Waals surface area contributed by atoms with Gasteiger partial charge >= 0.3 is 6.03 Å². The number of nitrogens with one attached hydrogen (secondary N) is 2. The third-order valence-electron chi connectivity index (χ3n) is 8.73. The lowest BCUT2D eigenvalue weighted by molar-refractivity contribution is 0.223. The Balaban J connectivity index is 1.52. The number of hydrogen-bond acceptors (Lipinski definition) is 5. The number of carbonyl (C=O) groups is 1. The monoisotopic (exact) mass is 645 g/mol. The van der Waals surface area contributed by atoms with Crippen molar-refractivity contribution < 1.29 is 9.53 Å². The summed E-state index contributed by atoms with van der Waals surface area (Å²) < 4.78 is 6.15. The van der Waals surface area contributed by atoms with Crippen molar-refractivity contribution in [3.05, 3.63) is 118 Å². The van der Waals surface area contributed by atoms with Gasteiger partial charge in [-0.3, -0.25) is 9.69 Å². The summed E-state index contributed by atoms with van der Waals surface area (Å²) in [4.78, 5) is 38.8. The molecule has 0 aliphatic rings. The molecule has 2 heterocycles. The van der Waals surface area contributed by atoms with E-state index in [-0.39, 0.29) is 35.7 Å². The number of hydrogen-bond donors (Lipinski definition) is 2. The lowest BCUT2D eigenvalue weighted by Crippen LogP contribution is -2.38. The van der Waals surface area contributed by atoms with Gasteiger partial charge in [0.05, 0.1) is 6.54 Å². The van der Waals surface area contributed by atoms with E-state index in [1.54, 1.807) is 12.3 Å². The Morgan fingerprint density at radius 1 is 0.854 bits per heavy atom. The summed E-state index contributed by atoms with van der Waals surface area (Å²) in [6.07, 6.45) is 1.63. The lowest BCUT2D eigenvalue weighted by Gasteiger charge is -2.27. The van der Waals surface area contributed by atoms with E-state index in [4.69, 9.17) is 4.74 Å². The van der Waals surface area contributed by atoms with Crippen molar-refractivity contribution >= 4 is 28.4 Å². The molecule has 0 aliphatic heterocycles. The van der Waals surface area contributed by atoms with E-state index in [0.29, 0.717) is 12.3 Å². The topological polar surface area (TPSA) is 90.6 Å². The van der Waals surface area contributed by atoms with E-state index in [1.807, 2.05) is 54.6 Å². The number of nitrogens with zero attached hydrogens (tertiary/aromatic N) is 3. The van der Waals surface area contributed by atoms with E-state index in [2.05, 4.69) is 86.0 Å². The van der Waals surface area contributed by atoms with Crippen LogP contribution in [0.2, 0.25) is 0 Å². The second-order valence-electron chi connectivity index (χ2n) is 12.7. The largest absolute Gasteiger partial charge is 0.492 e. The highest BCUT2D eigenvalue weighted by Gasteiger charge is 2.24. The minimum atomic E-state index is -0.382. The fourth-order valence-corrected chi connectivity index (χ4v) is 5.94. The average Bonchev–Trinajstić information content (AvgIpc) is 3.09. The Bertz CT molecular complexity index is 1870. The number of pyridine rings is 2. The molecule has 0 spiro atoms. The molecule has 8 nitrogen and oxygen atoms in total. The first-order valence-electron chi connectivity index (χ1n) is 16.9. The van der Waals surface area contributed by atoms with Crippen molar-refractivity contribution in [1.82, 2.24) is 14.9 Å². The zero-order chi connectivity index (χ0) is 34.2. The molecule has 5 aromatic rings. The molecule has 0 radical (unpaired) electrons. The number of anilines is 2. The van der Waals surface area contributed by atoms with E-state index >= 15 is 0 Å². The van der Waals surface area contributed by atoms with Crippen molar-refractivity contribution in [3.63, 3.8) is 0 Å². The summed E-state index contributed by atoms with van der Waals surface area (Å²) in [5, 5.41) is 4.01. The predicted molar refractivity (Wildman–Crippen MR) is 197 cm³/mol. The second kappa shape index (κ2) is 15.8. The maximum absolute atomic E-state index is 14.4. The minimum absolute atomic E-state index is 0.115. The first kappa shape index (κ1) is 34.4. The quantitative estimate of drug-likeness (QED) is 0.134. The molecule has 8 heteroatoms. The number of ether oxygens (including phenoxy) is 1. The molecule has 2 N–H and O–H groups in total. The van der Waals surface area contributed by atoms with E-state index < -0.39 is 0 Å². The Kier molecular flexibility index (Phi) is 11.3. The molecule has 3 aromatic carbocycles. The van der Waals surface area contributed by atoms with Crippen molar-refractivity contribution in [2.45, 2.75) is 59.9 Å². The summed E-state index contributed by atoms with van der Waals surface area (Å²) in [6.45, 7) is 16.6. The van der Waals surface area contributed by atoms with Crippen LogP contribution in [-0.4, -0.2) is 47.1 Å². The first-order valence-corrected chi connectivity index (χ1v) is 16.9. The second-order valence-corrected chi connectivity index (χ2v) is 12.7. The van der Waals surface area contributed by atoms with Crippen molar-refractivity contribution in [1.29, 1.82) is 0 Å². The standard InChI is InChI=1S/C40H47N5O3/c1-7-44(8-2)20-21-48-33-18-12-16-30(22-33)32-23-34(27(3)4)37(35(24-32)28(5)6)42-40(47)45(26-29-14-10-9-11-15-29)36-25-31-17-13-19-41-38(31)43-39(36)46/h9-19,22-25,27-28H,7-8,20-21,26H2,1-6H3,(H,42,47)(H,41,43,46). The predicted octanol–water partition coefficient (Wildman–Crippen LogP) is 8.80. The van der Waals surface area contributed by atoms with Crippen molar-refractivity contribution in [3.8, 4) is 16.9 Å². The maximum atomic E-state index is 14.4. The molecular weight excluding hydrogens is 598 g/mol. The Labute approximate surface area is 283 Å². The number of carbonyl (C=O) groups excluding carboxylic acids is 1. The van der Waals surface area contributed by atoms with Gasteiger partial charge < -0.3 is 19.9 Å². The summed E-state index contributed by atoms with van der Waals surface area (Å²) >= 11 is 0. The molecule has 2 amide bonds. The molecular formula is C40H47N5O3. The van der Waals surface area contributed by atoms with Crippen LogP contribution in [0, 0.1) is 0 Å². The number of urea groups is 1. The number of likely N-dealkylation sites (N-methyl/N-ethyl adjacent to an activating group) is 1. The molecule has 0 saturated heterocycles. The maximum Gasteiger partial charge on any atom is 0.326 e. The molecule has 48 heavy (non-hydrogen) atoms. The number of aromatic nitrogens is 2. The van der Waals surface area contributed by atoms with Gasteiger partial charge in [-0.25, -0.2) is 9.78 Å². The number of rotatable bonds is 13.